The van der Waals surface area contributed by atoms with Crippen LogP contribution in [0.1, 0.15) is 35.3 Å². The van der Waals surface area contributed by atoms with Crippen molar-refractivity contribution in [3.8, 4) is 6.07 Å². The van der Waals surface area contributed by atoms with E-state index in [2.05, 4.69) is 10.6 Å². The summed E-state index contributed by atoms with van der Waals surface area (Å²) in [6.07, 6.45) is 3.04. The fourth-order valence-corrected chi connectivity index (χ4v) is 2.79. The minimum absolute atomic E-state index is 0.104. The Bertz CT molecular complexity index is 920. The zero-order valence-electron chi connectivity index (χ0n) is 16.2. The molecule has 144 valence electrons. The third-order valence-corrected chi connectivity index (χ3v) is 4.31. The number of anilines is 2. The lowest BCUT2D eigenvalue weighted by Gasteiger charge is -2.13. The first-order chi connectivity index (χ1) is 13.5. The van der Waals surface area contributed by atoms with Crippen molar-refractivity contribution in [1.29, 1.82) is 5.26 Å². The number of amides is 1. The molecule has 28 heavy (non-hydrogen) atoms. The molecule has 0 aliphatic rings. The summed E-state index contributed by atoms with van der Waals surface area (Å²) in [5.41, 5.74) is 3.50. The van der Waals surface area contributed by atoms with Crippen LogP contribution in [0, 0.1) is 11.3 Å². The second kappa shape index (κ2) is 9.93. The van der Waals surface area contributed by atoms with Crippen LogP contribution in [0.4, 0.5) is 11.4 Å². The zero-order chi connectivity index (χ0) is 20.5. The Kier molecular flexibility index (Phi) is 7.35. The topological polar surface area (TPSA) is 91.2 Å². The van der Waals surface area contributed by atoms with Crippen LogP contribution in [-0.2, 0) is 22.4 Å². The Balaban J connectivity index is 2.27. The number of ether oxygens (including phenoxy) is 1. The summed E-state index contributed by atoms with van der Waals surface area (Å²) >= 11 is 0. The molecular formula is C22H23N3O3. The van der Waals surface area contributed by atoms with E-state index in [0.29, 0.717) is 0 Å². The number of methoxy groups -OCH3 is 1. The van der Waals surface area contributed by atoms with Crippen molar-refractivity contribution in [1.82, 2.24) is 0 Å². The van der Waals surface area contributed by atoms with E-state index in [4.69, 9.17) is 4.74 Å². The summed E-state index contributed by atoms with van der Waals surface area (Å²) < 4.78 is 4.72. The summed E-state index contributed by atoms with van der Waals surface area (Å²) in [4.78, 5) is 24.4. The van der Waals surface area contributed by atoms with Crippen LogP contribution in [-0.4, -0.2) is 19.0 Å². The number of nitrogens with one attached hydrogen (secondary N) is 2. The molecule has 2 N–H and O–H groups in total. The number of nitriles is 1. The lowest BCUT2D eigenvalue weighted by atomic mass is 10.0. The lowest BCUT2D eigenvalue weighted by molar-refractivity contribution is -0.112. The van der Waals surface area contributed by atoms with E-state index >= 15 is 0 Å². The minimum Gasteiger partial charge on any atom is -0.465 e. The Morgan fingerprint density at radius 3 is 2.29 bits per heavy atom. The first-order valence-corrected chi connectivity index (χ1v) is 9.01. The molecule has 2 rings (SSSR count). The molecule has 0 fully saturated rings. The van der Waals surface area contributed by atoms with Gasteiger partial charge >= 0.3 is 5.97 Å². The van der Waals surface area contributed by atoms with E-state index in [1.165, 1.54) is 13.3 Å². The van der Waals surface area contributed by atoms with Crippen molar-refractivity contribution in [2.24, 2.45) is 0 Å². The van der Waals surface area contributed by atoms with Crippen molar-refractivity contribution in [3.05, 3.63) is 70.9 Å². The van der Waals surface area contributed by atoms with Gasteiger partial charge in [-0.25, -0.2) is 4.79 Å². The average Bonchev–Trinajstić information content (AvgIpc) is 2.73. The Labute approximate surface area is 164 Å². The van der Waals surface area contributed by atoms with Crippen LogP contribution in [0.3, 0.4) is 0 Å². The molecule has 0 spiro atoms. The highest BCUT2D eigenvalue weighted by molar-refractivity contribution is 6.09. The van der Waals surface area contributed by atoms with Gasteiger partial charge in [0.05, 0.1) is 18.4 Å². The van der Waals surface area contributed by atoms with Crippen molar-refractivity contribution in [2.45, 2.75) is 26.7 Å². The van der Waals surface area contributed by atoms with Crippen molar-refractivity contribution >= 4 is 23.3 Å². The fourth-order valence-electron chi connectivity index (χ4n) is 2.79. The van der Waals surface area contributed by atoms with Gasteiger partial charge in [-0.2, -0.15) is 5.26 Å². The molecule has 0 unspecified atom stereocenters. The number of hydrogen-bond acceptors (Lipinski definition) is 5. The quantitative estimate of drug-likeness (QED) is 0.431. The number of para-hydroxylation sites is 2. The van der Waals surface area contributed by atoms with E-state index < -0.39 is 11.9 Å². The molecule has 0 aliphatic carbocycles. The Morgan fingerprint density at radius 1 is 1.07 bits per heavy atom. The maximum atomic E-state index is 12.5. The van der Waals surface area contributed by atoms with E-state index in [1.807, 2.05) is 38.1 Å². The number of carbonyl (C=O) groups is 2. The summed E-state index contributed by atoms with van der Waals surface area (Å²) in [7, 11) is 1.27. The molecule has 0 bridgehead atoms. The lowest BCUT2D eigenvalue weighted by Crippen LogP contribution is -2.17. The highest BCUT2D eigenvalue weighted by atomic mass is 16.5. The fraction of sp³-hybridized carbons (Fsp3) is 0.227. The van der Waals surface area contributed by atoms with Crippen LogP contribution >= 0.6 is 0 Å². The standard InChI is InChI=1S/C22H23N3O3/c1-4-15-9-8-10-16(5-2)20(15)24-14-17(13-23)21(26)25-19-12-7-6-11-18(19)22(27)28-3/h6-12,14,24H,4-5H2,1-3H3,(H,25,26)/b17-14-. The molecule has 0 radical (unpaired) electrons. The second-order valence-electron chi connectivity index (χ2n) is 5.96. The molecule has 2 aromatic carbocycles. The second-order valence-corrected chi connectivity index (χ2v) is 5.96. The molecule has 0 heterocycles. The van der Waals surface area contributed by atoms with Gasteiger partial charge in [0.1, 0.15) is 11.6 Å². The number of carbonyl (C=O) groups excluding carboxylic acids is 2. The van der Waals surface area contributed by atoms with Crippen LogP contribution < -0.4 is 10.6 Å². The molecule has 0 aliphatic heterocycles. The highest BCUT2D eigenvalue weighted by Crippen LogP contribution is 2.23. The number of aryl methyl sites for hydroxylation is 2. The van der Waals surface area contributed by atoms with Gasteiger partial charge in [-0.15, -0.1) is 0 Å². The van der Waals surface area contributed by atoms with Crippen LogP contribution in [0.25, 0.3) is 0 Å². The molecule has 0 aromatic heterocycles. The van der Waals surface area contributed by atoms with E-state index in [-0.39, 0.29) is 16.8 Å². The number of hydrogen-bond donors (Lipinski definition) is 2. The van der Waals surface area contributed by atoms with Gasteiger partial charge in [-0.1, -0.05) is 44.2 Å². The van der Waals surface area contributed by atoms with Gasteiger partial charge in [-0.05, 0) is 36.1 Å². The van der Waals surface area contributed by atoms with Gasteiger partial charge in [0.25, 0.3) is 5.91 Å². The minimum atomic E-state index is -0.613. The number of nitrogens with zero attached hydrogens (tertiary/aromatic N) is 1. The molecule has 2 aromatic rings. The molecule has 0 atom stereocenters. The van der Waals surface area contributed by atoms with E-state index in [1.54, 1.807) is 24.3 Å². The monoisotopic (exact) mass is 377 g/mol. The maximum Gasteiger partial charge on any atom is 0.339 e. The van der Waals surface area contributed by atoms with Crippen molar-refractivity contribution in [3.63, 3.8) is 0 Å². The molecule has 6 nitrogen and oxygen atoms in total. The Morgan fingerprint density at radius 2 is 1.71 bits per heavy atom. The maximum absolute atomic E-state index is 12.5. The molecular weight excluding hydrogens is 354 g/mol. The first kappa shape index (κ1) is 20.7. The number of esters is 1. The van der Waals surface area contributed by atoms with Crippen LogP contribution in [0.5, 0.6) is 0 Å². The highest BCUT2D eigenvalue weighted by Gasteiger charge is 2.16. The largest absolute Gasteiger partial charge is 0.465 e. The number of rotatable bonds is 7. The third-order valence-electron chi connectivity index (χ3n) is 4.31. The number of benzene rings is 2. The SMILES string of the molecule is CCc1cccc(CC)c1N/C=C(/C#N)C(=O)Nc1ccccc1C(=O)OC. The first-order valence-electron chi connectivity index (χ1n) is 9.01. The average molecular weight is 377 g/mol. The summed E-state index contributed by atoms with van der Waals surface area (Å²) in [6, 6.07) is 14.4. The molecule has 1 amide bonds. The zero-order valence-corrected chi connectivity index (χ0v) is 16.2. The molecule has 0 saturated heterocycles. The predicted molar refractivity (Wildman–Crippen MR) is 109 cm³/mol. The van der Waals surface area contributed by atoms with E-state index in [9.17, 15) is 14.9 Å². The summed E-state index contributed by atoms with van der Waals surface area (Å²) in [5.74, 6) is -1.18. The third kappa shape index (κ3) is 4.77. The van der Waals surface area contributed by atoms with Crippen LogP contribution in [0.15, 0.2) is 54.2 Å². The Hall–Kier alpha value is -3.59. The normalized spacial score (nSPS) is 10.7. The van der Waals surface area contributed by atoms with Gasteiger partial charge in [0, 0.05) is 11.9 Å². The van der Waals surface area contributed by atoms with Gasteiger partial charge in [-0.3, -0.25) is 4.79 Å². The van der Waals surface area contributed by atoms with Gasteiger partial charge in [0.15, 0.2) is 0 Å². The van der Waals surface area contributed by atoms with Crippen molar-refractivity contribution < 1.29 is 14.3 Å². The predicted octanol–water partition coefficient (Wildman–Crippen LogP) is 4.06. The van der Waals surface area contributed by atoms with E-state index in [0.717, 1.165) is 29.7 Å². The van der Waals surface area contributed by atoms with Crippen LogP contribution in [0.2, 0.25) is 0 Å². The van der Waals surface area contributed by atoms with Crippen molar-refractivity contribution in [2.75, 3.05) is 17.7 Å². The molecule has 6 heteroatoms. The summed E-state index contributed by atoms with van der Waals surface area (Å²) in [5, 5.41) is 15.1. The summed E-state index contributed by atoms with van der Waals surface area (Å²) in [6.45, 7) is 4.09. The molecule has 0 saturated carbocycles. The van der Waals surface area contributed by atoms with Gasteiger partial charge < -0.3 is 15.4 Å². The smallest absolute Gasteiger partial charge is 0.339 e. The van der Waals surface area contributed by atoms with Gasteiger partial charge in [0.2, 0.25) is 0 Å².